The Morgan fingerprint density at radius 1 is 1.40 bits per heavy atom. The summed E-state index contributed by atoms with van der Waals surface area (Å²) in [4.78, 5) is 32.5. The molecule has 1 atom stereocenters. The van der Waals surface area contributed by atoms with Crippen LogP contribution in [0.2, 0.25) is 0 Å². The van der Waals surface area contributed by atoms with E-state index in [1.54, 1.807) is 12.1 Å². The van der Waals surface area contributed by atoms with E-state index in [2.05, 4.69) is 20.4 Å². The molecule has 11 heteroatoms. The number of anilines is 1. The number of carbonyl (C=O) groups excluding carboxylic acids is 2. The summed E-state index contributed by atoms with van der Waals surface area (Å²) in [5, 5.41) is 16.0. The minimum Gasteiger partial charge on any atom is -0.444 e. The number of ether oxygens (including phenoxy) is 1. The highest BCUT2D eigenvalue weighted by Gasteiger charge is 2.22. The molecule has 3 aromatic rings. The predicted octanol–water partition coefficient (Wildman–Crippen LogP) is 0.956. The molecular weight excluding hydrogens is 392 g/mol. The van der Waals surface area contributed by atoms with Crippen molar-refractivity contribution in [1.82, 2.24) is 19.7 Å². The van der Waals surface area contributed by atoms with Crippen LogP contribution in [0.4, 0.5) is 5.69 Å². The summed E-state index contributed by atoms with van der Waals surface area (Å²) in [7, 11) is 0. The Morgan fingerprint density at radius 3 is 3.00 bits per heavy atom. The van der Waals surface area contributed by atoms with Gasteiger partial charge in [-0.25, -0.2) is 4.98 Å². The average molecular weight is 412 g/mol. The first-order chi connectivity index (χ1) is 14.5. The topological polar surface area (TPSA) is 158 Å². The van der Waals surface area contributed by atoms with E-state index in [0.717, 1.165) is 12.8 Å². The number of aliphatic hydroxyl groups is 1. The van der Waals surface area contributed by atoms with Crippen LogP contribution in [0.15, 0.2) is 35.2 Å². The van der Waals surface area contributed by atoms with Gasteiger partial charge < -0.3 is 25.3 Å². The minimum absolute atomic E-state index is 0.00894. The minimum atomic E-state index is -0.759. The summed E-state index contributed by atoms with van der Waals surface area (Å²) >= 11 is 0. The second kappa shape index (κ2) is 8.43. The number of nitrogens with two attached hydrogens (primary N) is 1. The second-order valence-electron chi connectivity index (χ2n) is 6.80. The third kappa shape index (κ3) is 4.21. The van der Waals surface area contributed by atoms with Gasteiger partial charge in [0.2, 0.25) is 5.89 Å². The van der Waals surface area contributed by atoms with E-state index in [1.807, 2.05) is 0 Å². The van der Waals surface area contributed by atoms with Gasteiger partial charge in [0.25, 0.3) is 11.8 Å². The first-order valence-corrected chi connectivity index (χ1v) is 9.35. The third-order valence-electron chi connectivity index (χ3n) is 4.62. The summed E-state index contributed by atoms with van der Waals surface area (Å²) in [5.74, 6) is -1.15. The fourth-order valence-electron chi connectivity index (χ4n) is 3.18. The predicted molar refractivity (Wildman–Crippen MR) is 103 cm³/mol. The van der Waals surface area contributed by atoms with E-state index in [4.69, 9.17) is 14.9 Å². The van der Waals surface area contributed by atoms with Crippen LogP contribution in [0.5, 0.6) is 0 Å². The fourth-order valence-corrected chi connectivity index (χ4v) is 3.18. The van der Waals surface area contributed by atoms with Gasteiger partial charge in [-0.15, -0.1) is 0 Å². The van der Waals surface area contributed by atoms with Crippen molar-refractivity contribution in [1.29, 1.82) is 0 Å². The highest BCUT2D eigenvalue weighted by molar-refractivity contribution is 6.07. The number of nitrogens with one attached hydrogen (secondary N) is 1. The molecule has 1 aliphatic heterocycles. The van der Waals surface area contributed by atoms with Gasteiger partial charge in [-0.1, -0.05) is 0 Å². The van der Waals surface area contributed by atoms with Gasteiger partial charge in [0.1, 0.15) is 6.26 Å². The smallest absolute Gasteiger partial charge is 0.277 e. The summed E-state index contributed by atoms with van der Waals surface area (Å²) < 4.78 is 12.5. The molecule has 0 spiro atoms. The molecule has 4 heterocycles. The van der Waals surface area contributed by atoms with Crippen LogP contribution in [0.25, 0.3) is 11.5 Å². The van der Waals surface area contributed by atoms with Crippen LogP contribution in [0, 0.1) is 0 Å². The molecule has 11 nitrogen and oxygen atoms in total. The Balaban J connectivity index is 1.51. The average Bonchev–Trinajstić information content (AvgIpc) is 3.49. The number of aromatic nitrogens is 4. The molecule has 0 aromatic carbocycles. The van der Waals surface area contributed by atoms with Crippen molar-refractivity contribution in [2.24, 2.45) is 5.73 Å². The number of primary amides is 1. The SMILES string of the molecule is NC(=O)c1nn(CC2CCCO2)cc1NC(=O)c1coc(-c2ccnc(CO)c2)n1. The van der Waals surface area contributed by atoms with Crippen LogP contribution >= 0.6 is 0 Å². The Morgan fingerprint density at radius 2 is 2.27 bits per heavy atom. The lowest BCUT2D eigenvalue weighted by Crippen LogP contribution is -2.18. The van der Waals surface area contributed by atoms with Crippen molar-refractivity contribution in [2.75, 3.05) is 11.9 Å². The summed E-state index contributed by atoms with van der Waals surface area (Å²) in [6, 6.07) is 3.25. The molecule has 4 rings (SSSR count). The zero-order chi connectivity index (χ0) is 21.1. The normalized spacial score (nSPS) is 16.0. The molecule has 0 saturated carbocycles. The van der Waals surface area contributed by atoms with E-state index in [-0.39, 0.29) is 35.7 Å². The van der Waals surface area contributed by atoms with E-state index < -0.39 is 11.8 Å². The number of hydrogen-bond donors (Lipinski definition) is 3. The maximum absolute atomic E-state index is 12.6. The van der Waals surface area contributed by atoms with Crippen molar-refractivity contribution >= 4 is 17.5 Å². The molecule has 3 aromatic heterocycles. The maximum Gasteiger partial charge on any atom is 0.277 e. The molecule has 0 radical (unpaired) electrons. The van der Waals surface area contributed by atoms with E-state index in [0.29, 0.717) is 24.4 Å². The Hall–Kier alpha value is -3.57. The molecule has 30 heavy (non-hydrogen) atoms. The Labute approximate surface area is 170 Å². The van der Waals surface area contributed by atoms with Crippen molar-refractivity contribution < 1.29 is 23.8 Å². The number of aliphatic hydroxyl groups excluding tert-OH is 1. The van der Waals surface area contributed by atoms with Gasteiger partial charge in [-0.3, -0.25) is 19.3 Å². The number of nitrogens with zero attached hydrogens (tertiary/aromatic N) is 4. The molecule has 156 valence electrons. The first-order valence-electron chi connectivity index (χ1n) is 9.35. The zero-order valence-electron chi connectivity index (χ0n) is 15.9. The van der Waals surface area contributed by atoms with Gasteiger partial charge in [0, 0.05) is 24.6 Å². The van der Waals surface area contributed by atoms with Crippen molar-refractivity contribution in [2.45, 2.75) is 32.1 Å². The molecule has 4 N–H and O–H groups in total. The third-order valence-corrected chi connectivity index (χ3v) is 4.62. The number of carbonyl (C=O) groups is 2. The highest BCUT2D eigenvalue weighted by atomic mass is 16.5. The summed E-state index contributed by atoms with van der Waals surface area (Å²) in [5.41, 5.74) is 6.55. The Kier molecular flexibility index (Phi) is 5.55. The molecule has 0 aliphatic carbocycles. The summed E-state index contributed by atoms with van der Waals surface area (Å²) in [6.07, 6.45) is 6.14. The largest absolute Gasteiger partial charge is 0.444 e. The lowest BCUT2D eigenvalue weighted by atomic mass is 10.2. The zero-order valence-corrected chi connectivity index (χ0v) is 15.9. The standard InChI is InChI=1S/C19H20N6O5/c20-17(27)16-14(8-25(24-16)7-13-2-1-5-29-13)22-18(28)15-10-30-19(23-15)11-3-4-21-12(6-11)9-26/h3-4,6,8,10,13,26H,1-2,5,7,9H2,(H2,20,27)(H,22,28). The van der Waals surface area contributed by atoms with Crippen LogP contribution in [0.1, 0.15) is 39.5 Å². The monoisotopic (exact) mass is 412 g/mol. The van der Waals surface area contributed by atoms with Crippen molar-refractivity contribution in [3.05, 3.63) is 47.9 Å². The molecular formula is C19H20N6O5. The molecule has 2 amide bonds. The van der Waals surface area contributed by atoms with Crippen LogP contribution in [-0.4, -0.2) is 49.4 Å². The number of pyridine rings is 1. The maximum atomic E-state index is 12.6. The van der Waals surface area contributed by atoms with Crippen molar-refractivity contribution in [3.63, 3.8) is 0 Å². The van der Waals surface area contributed by atoms with Crippen molar-refractivity contribution in [3.8, 4) is 11.5 Å². The van der Waals surface area contributed by atoms with Crippen LogP contribution in [0.3, 0.4) is 0 Å². The lowest BCUT2D eigenvalue weighted by Gasteiger charge is -2.08. The highest BCUT2D eigenvalue weighted by Crippen LogP contribution is 2.21. The molecule has 1 unspecified atom stereocenters. The second-order valence-corrected chi connectivity index (χ2v) is 6.80. The summed E-state index contributed by atoms with van der Waals surface area (Å²) in [6.45, 7) is 0.928. The fraction of sp³-hybridized carbons (Fsp3) is 0.316. The molecule has 0 bridgehead atoms. The van der Waals surface area contributed by atoms with Crippen LogP contribution in [-0.2, 0) is 17.9 Å². The lowest BCUT2D eigenvalue weighted by molar-refractivity contribution is 0.0927. The van der Waals surface area contributed by atoms with Gasteiger partial charge in [0.05, 0.1) is 30.6 Å². The molecule has 1 saturated heterocycles. The first kappa shape index (κ1) is 19.7. The van der Waals surface area contributed by atoms with E-state index in [1.165, 1.54) is 23.3 Å². The van der Waals surface area contributed by atoms with Gasteiger partial charge >= 0.3 is 0 Å². The quantitative estimate of drug-likeness (QED) is 0.517. The van der Waals surface area contributed by atoms with E-state index >= 15 is 0 Å². The Bertz CT molecular complexity index is 1070. The number of hydrogen-bond acceptors (Lipinski definition) is 8. The number of amides is 2. The number of rotatable bonds is 7. The molecule has 1 fully saturated rings. The van der Waals surface area contributed by atoms with Gasteiger partial charge in [0.15, 0.2) is 11.4 Å². The van der Waals surface area contributed by atoms with Crippen LogP contribution < -0.4 is 11.1 Å². The van der Waals surface area contributed by atoms with Gasteiger partial charge in [-0.2, -0.15) is 5.10 Å². The molecule has 1 aliphatic rings. The number of oxazole rings is 1. The van der Waals surface area contributed by atoms with Gasteiger partial charge in [-0.05, 0) is 25.0 Å². The van der Waals surface area contributed by atoms with E-state index in [9.17, 15) is 14.7 Å².